The first-order valence-corrected chi connectivity index (χ1v) is 7.24. The zero-order valence-corrected chi connectivity index (χ0v) is 11.8. The third-order valence-corrected chi connectivity index (χ3v) is 3.58. The zero-order valence-electron chi connectivity index (χ0n) is 11.8. The Morgan fingerprint density at radius 3 is 3.00 bits per heavy atom. The topological polar surface area (TPSA) is 41.0 Å². The summed E-state index contributed by atoms with van der Waals surface area (Å²) in [6, 6.07) is 0.438. The van der Waals surface area contributed by atoms with Crippen LogP contribution in [0.4, 0.5) is 10.2 Å². The number of anilines is 1. The molecule has 0 bridgehead atoms. The second kappa shape index (κ2) is 6.80. The first kappa shape index (κ1) is 14.2. The Balaban J connectivity index is 2.08. The molecule has 0 saturated carbocycles. The van der Waals surface area contributed by atoms with Crippen molar-refractivity contribution in [3.8, 4) is 0 Å². The van der Waals surface area contributed by atoms with Gasteiger partial charge in [0, 0.05) is 19.1 Å². The molecule has 5 heteroatoms. The van der Waals surface area contributed by atoms with E-state index in [1.807, 2.05) is 11.8 Å². The van der Waals surface area contributed by atoms with Gasteiger partial charge in [0.25, 0.3) is 0 Å². The van der Waals surface area contributed by atoms with Crippen LogP contribution in [-0.2, 0) is 6.42 Å². The monoisotopic (exact) mass is 266 g/mol. The van der Waals surface area contributed by atoms with E-state index in [1.165, 1.54) is 6.33 Å². The van der Waals surface area contributed by atoms with Crippen molar-refractivity contribution in [3.63, 3.8) is 0 Å². The van der Waals surface area contributed by atoms with Crippen LogP contribution in [0.1, 0.15) is 38.8 Å². The Morgan fingerprint density at radius 1 is 1.42 bits per heavy atom. The van der Waals surface area contributed by atoms with Gasteiger partial charge in [-0.05, 0) is 32.2 Å². The van der Waals surface area contributed by atoms with Gasteiger partial charge >= 0.3 is 0 Å². The van der Waals surface area contributed by atoms with Gasteiger partial charge in [0.1, 0.15) is 6.33 Å². The fourth-order valence-electron chi connectivity index (χ4n) is 2.55. The van der Waals surface area contributed by atoms with Crippen molar-refractivity contribution in [2.24, 2.45) is 0 Å². The van der Waals surface area contributed by atoms with Crippen molar-refractivity contribution < 1.29 is 4.39 Å². The number of hydrogen-bond donors (Lipinski definition) is 1. The molecule has 1 aliphatic rings. The van der Waals surface area contributed by atoms with Crippen LogP contribution in [0.3, 0.4) is 0 Å². The SMILES string of the molecule is CCCNC1CCCN(c2ncnc(CC)c2F)C1. The second-order valence-corrected chi connectivity index (χ2v) is 5.05. The van der Waals surface area contributed by atoms with Crippen LogP contribution in [0.25, 0.3) is 0 Å². The van der Waals surface area contributed by atoms with E-state index >= 15 is 0 Å². The lowest BCUT2D eigenvalue weighted by Gasteiger charge is -2.34. The molecule has 1 aliphatic heterocycles. The van der Waals surface area contributed by atoms with Gasteiger partial charge in [0.05, 0.1) is 5.69 Å². The predicted molar refractivity (Wildman–Crippen MR) is 74.9 cm³/mol. The molecule has 1 aromatic rings. The Hall–Kier alpha value is -1.23. The minimum Gasteiger partial charge on any atom is -0.353 e. The van der Waals surface area contributed by atoms with Crippen LogP contribution in [0.5, 0.6) is 0 Å². The molecule has 19 heavy (non-hydrogen) atoms. The Kier molecular flexibility index (Phi) is 5.07. The molecule has 1 aromatic heterocycles. The van der Waals surface area contributed by atoms with E-state index in [9.17, 15) is 4.39 Å². The number of hydrogen-bond acceptors (Lipinski definition) is 4. The van der Waals surface area contributed by atoms with Gasteiger partial charge in [-0.25, -0.2) is 14.4 Å². The lowest BCUT2D eigenvalue weighted by Crippen LogP contribution is -2.46. The highest BCUT2D eigenvalue weighted by Crippen LogP contribution is 2.22. The number of halogens is 1. The van der Waals surface area contributed by atoms with Crippen molar-refractivity contribution in [2.45, 2.75) is 45.6 Å². The van der Waals surface area contributed by atoms with Gasteiger partial charge in [-0.3, -0.25) is 0 Å². The molecule has 106 valence electrons. The largest absolute Gasteiger partial charge is 0.353 e. The maximum absolute atomic E-state index is 14.2. The van der Waals surface area contributed by atoms with Crippen molar-refractivity contribution in [1.82, 2.24) is 15.3 Å². The van der Waals surface area contributed by atoms with E-state index in [0.717, 1.165) is 38.9 Å². The van der Waals surface area contributed by atoms with Crippen LogP contribution in [-0.4, -0.2) is 35.6 Å². The van der Waals surface area contributed by atoms with E-state index in [1.54, 1.807) is 0 Å². The highest BCUT2D eigenvalue weighted by molar-refractivity contribution is 5.41. The number of rotatable bonds is 5. The van der Waals surface area contributed by atoms with Crippen molar-refractivity contribution in [1.29, 1.82) is 0 Å². The summed E-state index contributed by atoms with van der Waals surface area (Å²) in [7, 11) is 0. The number of piperidine rings is 1. The summed E-state index contributed by atoms with van der Waals surface area (Å²) in [4.78, 5) is 10.2. The minimum absolute atomic E-state index is 0.249. The normalized spacial score (nSPS) is 19.7. The number of aryl methyl sites for hydroxylation is 1. The van der Waals surface area contributed by atoms with Gasteiger partial charge in [0.15, 0.2) is 11.6 Å². The van der Waals surface area contributed by atoms with Crippen LogP contribution in [0.2, 0.25) is 0 Å². The molecule has 0 spiro atoms. The first-order valence-electron chi connectivity index (χ1n) is 7.24. The van der Waals surface area contributed by atoms with Crippen molar-refractivity contribution in [3.05, 3.63) is 17.8 Å². The Labute approximate surface area is 114 Å². The molecule has 1 fully saturated rings. The summed E-state index contributed by atoms with van der Waals surface area (Å²) in [6.45, 7) is 6.80. The minimum atomic E-state index is -0.249. The number of nitrogens with zero attached hydrogens (tertiary/aromatic N) is 3. The highest BCUT2D eigenvalue weighted by atomic mass is 19.1. The molecule has 0 aliphatic carbocycles. The first-order chi connectivity index (χ1) is 9.26. The summed E-state index contributed by atoms with van der Waals surface area (Å²) in [5.74, 6) is 0.219. The fraction of sp³-hybridized carbons (Fsp3) is 0.714. The predicted octanol–water partition coefficient (Wildman–Crippen LogP) is 2.15. The quantitative estimate of drug-likeness (QED) is 0.886. The van der Waals surface area contributed by atoms with E-state index in [-0.39, 0.29) is 5.82 Å². The molecular weight excluding hydrogens is 243 g/mol. The highest BCUT2D eigenvalue weighted by Gasteiger charge is 2.23. The van der Waals surface area contributed by atoms with Crippen LogP contribution >= 0.6 is 0 Å². The fourth-order valence-corrected chi connectivity index (χ4v) is 2.55. The van der Waals surface area contributed by atoms with Crippen LogP contribution < -0.4 is 10.2 Å². The van der Waals surface area contributed by atoms with E-state index in [0.29, 0.717) is 24.0 Å². The molecular formula is C14H23FN4. The van der Waals surface area contributed by atoms with Gasteiger partial charge in [0.2, 0.25) is 0 Å². The van der Waals surface area contributed by atoms with Gasteiger partial charge in [-0.2, -0.15) is 0 Å². The zero-order chi connectivity index (χ0) is 13.7. The van der Waals surface area contributed by atoms with Crippen molar-refractivity contribution >= 4 is 5.82 Å². The Bertz CT molecular complexity index is 410. The summed E-state index contributed by atoms with van der Waals surface area (Å²) >= 11 is 0. The Morgan fingerprint density at radius 2 is 2.26 bits per heavy atom. The molecule has 4 nitrogen and oxygen atoms in total. The molecule has 2 heterocycles. The van der Waals surface area contributed by atoms with Crippen LogP contribution in [0.15, 0.2) is 6.33 Å². The lowest BCUT2D eigenvalue weighted by atomic mass is 10.1. The molecule has 0 radical (unpaired) electrons. The molecule has 2 rings (SSSR count). The van der Waals surface area contributed by atoms with E-state index in [4.69, 9.17) is 0 Å². The van der Waals surface area contributed by atoms with Crippen LogP contribution in [0, 0.1) is 5.82 Å². The summed E-state index contributed by atoms with van der Waals surface area (Å²) in [5, 5.41) is 3.51. The standard InChI is InChI=1S/C14H23FN4/c1-3-7-16-11-6-5-8-19(9-11)14-13(15)12(4-2)17-10-18-14/h10-11,16H,3-9H2,1-2H3. The molecule has 1 saturated heterocycles. The summed E-state index contributed by atoms with van der Waals surface area (Å²) in [6.07, 6.45) is 5.43. The van der Waals surface area contributed by atoms with E-state index < -0.39 is 0 Å². The summed E-state index contributed by atoms with van der Waals surface area (Å²) < 4.78 is 14.2. The number of aromatic nitrogens is 2. The average Bonchev–Trinajstić information content (AvgIpc) is 2.45. The number of nitrogens with one attached hydrogen (secondary N) is 1. The molecule has 1 atom stereocenters. The average molecular weight is 266 g/mol. The molecule has 0 aromatic carbocycles. The van der Waals surface area contributed by atoms with Gasteiger partial charge in [-0.1, -0.05) is 13.8 Å². The van der Waals surface area contributed by atoms with Gasteiger partial charge in [-0.15, -0.1) is 0 Å². The molecule has 1 unspecified atom stereocenters. The second-order valence-electron chi connectivity index (χ2n) is 5.05. The molecule has 1 N–H and O–H groups in total. The van der Waals surface area contributed by atoms with Gasteiger partial charge < -0.3 is 10.2 Å². The summed E-state index contributed by atoms with van der Waals surface area (Å²) in [5.41, 5.74) is 0.508. The maximum Gasteiger partial charge on any atom is 0.187 e. The molecule has 0 amide bonds. The third-order valence-electron chi connectivity index (χ3n) is 3.58. The smallest absolute Gasteiger partial charge is 0.187 e. The van der Waals surface area contributed by atoms with Crippen molar-refractivity contribution in [2.75, 3.05) is 24.5 Å². The maximum atomic E-state index is 14.2. The van der Waals surface area contributed by atoms with E-state index in [2.05, 4.69) is 22.2 Å². The lowest BCUT2D eigenvalue weighted by molar-refractivity contribution is 0.417. The third kappa shape index (κ3) is 3.41.